The van der Waals surface area contributed by atoms with Crippen molar-refractivity contribution in [3.8, 4) is 11.8 Å². The first kappa shape index (κ1) is 25.6. The van der Waals surface area contributed by atoms with Crippen molar-refractivity contribution in [2.24, 2.45) is 11.8 Å². The van der Waals surface area contributed by atoms with Gasteiger partial charge >= 0.3 is 0 Å². The van der Waals surface area contributed by atoms with E-state index in [0.717, 1.165) is 37.5 Å². The normalized spacial score (nSPS) is 12.2. The van der Waals surface area contributed by atoms with Crippen LogP contribution in [0, 0.1) is 37.5 Å². The van der Waals surface area contributed by atoms with Gasteiger partial charge in [0.2, 0.25) is 0 Å². The van der Waals surface area contributed by atoms with E-state index in [0.29, 0.717) is 0 Å². The summed E-state index contributed by atoms with van der Waals surface area (Å²) in [4.78, 5) is 0. The lowest BCUT2D eigenvalue weighted by Crippen LogP contribution is -2.04. The SMILES string of the molecule is [CH2]CCCCCCC#CCC(CCCCCCCCCC[CH2])CC(C)C. The maximum atomic E-state index is 3.92. The van der Waals surface area contributed by atoms with Gasteiger partial charge in [0.05, 0.1) is 0 Å². The maximum Gasteiger partial charge on any atom is 0.0117 e. The highest BCUT2D eigenvalue weighted by molar-refractivity contribution is 5.00. The van der Waals surface area contributed by atoms with Crippen molar-refractivity contribution in [3.63, 3.8) is 0 Å². The number of hydrogen-bond donors (Lipinski definition) is 0. The Hall–Kier alpha value is -0.440. The van der Waals surface area contributed by atoms with Gasteiger partial charge in [0.15, 0.2) is 0 Å². The molecule has 0 aromatic rings. The summed E-state index contributed by atoms with van der Waals surface area (Å²) < 4.78 is 0. The van der Waals surface area contributed by atoms with Crippen molar-refractivity contribution < 1.29 is 0 Å². The molecule has 0 aliphatic heterocycles. The first-order valence-corrected chi connectivity index (χ1v) is 11.7. The van der Waals surface area contributed by atoms with Gasteiger partial charge in [0.25, 0.3) is 0 Å². The van der Waals surface area contributed by atoms with Crippen LogP contribution in [-0.2, 0) is 0 Å². The van der Waals surface area contributed by atoms with Crippen LogP contribution in [0.4, 0.5) is 0 Å². The van der Waals surface area contributed by atoms with Gasteiger partial charge in [0.1, 0.15) is 0 Å². The zero-order chi connectivity index (χ0) is 19.3. The van der Waals surface area contributed by atoms with E-state index in [-0.39, 0.29) is 0 Å². The fraction of sp³-hybridized carbons (Fsp3) is 0.846. The van der Waals surface area contributed by atoms with Gasteiger partial charge < -0.3 is 0 Å². The summed E-state index contributed by atoms with van der Waals surface area (Å²) >= 11 is 0. The highest BCUT2D eigenvalue weighted by Gasteiger charge is 2.09. The van der Waals surface area contributed by atoms with E-state index < -0.39 is 0 Å². The summed E-state index contributed by atoms with van der Waals surface area (Å²) in [5, 5.41) is 0. The van der Waals surface area contributed by atoms with Crippen LogP contribution < -0.4 is 0 Å². The molecule has 0 rings (SSSR count). The minimum absolute atomic E-state index is 0.803. The highest BCUT2D eigenvalue weighted by atomic mass is 14.1. The Balaban J connectivity index is 3.72. The Morgan fingerprint density at radius 2 is 1.12 bits per heavy atom. The van der Waals surface area contributed by atoms with E-state index in [2.05, 4.69) is 39.5 Å². The second-order valence-electron chi connectivity index (χ2n) is 8.54. The molecule has 0 aliphatic carbocycles. The zero-order valence-corrected chi connectivity index (χ0v) is 18.3. The summed E-state index contributed by atoms with van der Waals surface area (Å²) in [5.41, 5.74) is 0. The van der Waals surface area contributed by atoms with Crippen molar-refractivity contribution in [3.05, 3.63) is 13.8 Å². The molecule has 0 aromatic heterocycles. The van der Waals surface area contributed by atoms with Crippen LogP contribution in [0.5, 0.6) is 0 Å². The molecule has 0 aliphatic rings. The Labute approximate surface area is 167 Å². The Bertz CT molecular complexity index is 317. The van der Waals surface area contributed by atoms with E-state index in [1.54, 1.807) is 0 Å². The second kappa shape index (κ2) is 20.9. The van der Waals surface area contributed by atoms with Crippen molar-refractivity contribution in [1.29, 1.82) is 0 Å². The van der Waals surface area contributed by atoms with Crippen LogP contribution >= 0.6 is 0 Å². The molecule has 1 unspecified atom stereocenters. The standard InChI is InChI=1S/C26H48/c1-5-7-9-11-13-15-17-19-21-23-26(24-25(3)4)22-20-18-16-14-12-10-8-6-2/h25-26H,1-2,5-17,19,21-24H2,3-4H3. The summed E-state index contributed by atoms with van der Waals surface area (Å²) in [6, 6.07) is 0. The molecule has 0 spiro atoms. The molecule has 0 saturated carbocycles. The van der Waals surface area contributed by atoms with Gasteiger partial charge in [-0.15, -0.1) is 11.8 Å². The number of rotatable bonds is 18. The molecule has 0 saturated heterocycles. The van der Waals surface area contributed by atoms with Crippen LogP contribution in [0.25, 0.3) is 0 Å². The topological polar surface area (TPSA) is 0 Å². The molecule has 0 amide bonds. The average Bonchev–Trinajstić information content (AvgIpc) is 2.61. The maximum absolute atomic E-state index is 3.92. The molecule has 26 heavy (non-hydrogen) atoms. The monoisotopic (exact) mass is 360 g/mol. The predicted octanol–water partition coefficient (Wildman–Crippen LogP) is 8.95. The summed E-state index contributed by atoms with van der Waals surface area (Å²) in [7, 11) is 0. The fourth-order valence-corrected chi connectivity index (χ4v) is 3.69. The van der Waals surface area contributed by atoms with Gasteiger partial charge in [-0.3, -0.25) is 0 Å². The molecule has 0 nitrogen and oxygen atoms in total. The summed E-state index contributed by atoms with van der Waals surface area (Å²) in [6.45, 7) is 12.5. The van der Waals surface area contributed by atoms with Crippen LogP contribution in [0.15, 0.2) is 0 Å². The lowest BCUT2D eigenvalue weighted by Gasteiger charge is -2.16. The van der Waals surface area contributed by atoms with Gasteiger partial charge in [-0.1, -0.05) is 111 Å². The Kier molecular flexibility index (Phi) is 20.5. The van der Waals surface area contributed by atoms with Crippen LogP contribution in [0.2, 0.25) is 0 Å². The molecule has 1 atom stereocenters. The van der Waals surface area contributed by atoms with Crippen LogP contribution in [-0.4, -0.2) is 0 Å². The third-order valence-corrected chi connectivity index (χ3v) is 5.23. The van der Waals surface area contributed by atoms with E-state index in [4.69, 9.17) is 0 Å². The first-order chi connectivity index (χ1) is 12.7. The molecule has 2 radical (unpaired) electrons. The van der Waals surface area contributed by atoms with Crippen molar-refractivity contribution >= 4 is 0 Å². The molecule has 0 fully saturated rings. The molecule has 0 N–H and O–H groups in total. The van der Waals surface area contributed by atoms with E-state index in [1.165, 1.54) is 89.9 Å². The smallest absolute Gasteiger partial charge is 0.0117 e. The fourth-order valence-electron chi connectivity index (χ4n) is 3.69. The van der Waals surface area contributed by atoms with E-state index in [9.17, 15) is 0 Å². The third kappa shape index (κ3) is 19.9. The Morgan fingerprint density at radius 3 is 1.65 bits per heavy atom. The highest BCUT2D eigenvalue weighted by Crippen LogP contribution is 2.22. The van der Waals surface area contributed by atoms with E-state index >= 15 is 0 Å². The molecule has 0 heteroatoms. The summed E-state index contributed by atoms with van der Waals surface area (Å²) in [5.74, 6) is 8.55. The molecule has 152 valence electrons. The molecule has 0 bridgehead atoms. The lowest BCUT2D eigenvalue weighted by molar-refractivity contribution is 0.377. The predicted molar refractivity (Wildman–Crippen MR) is 120 cm³/mol. The molecular weight excluding hydrogens is 312 g/mol. The van der Waals surface area contributed by atoms with Crippen LogP contribution in [0.1, 0.15) is 129 Å². The van der Waals surface area contributed by atoms with Crippen molar-refractivity contribution in [2.45, 2.75) is 129 Å². The van der Waals surface area contributed by atoms with Gasteiger partial charge in [0, 0.05) is 12.8 Å². The molecule has 0 heterocycles. The van der Waals surface area contributed by atoms with Gasteiger partial charge in [-0.05, 0) is 31.1 Å². The van der Waals surface area contributed by atoms with Crippen molar-refractivity contribution in [2.75, 3.05) is 0 Å². The van der Waals surface area contributed by atoms with Crippen LogP contribution in [0.3, 0.4) is 0 Å². The number of unbranched alkanes of at least 4 members (excludes halogenated alkanes) is 13. The quantitative estimate of drug-likeness (QED) is 0.169. The summed E-state index contributed by atoms with van der Waals surface area (Å²) in [6.07, 6.45) is 23.6. The molecular formula is C26H48. The Morgan fingerprint density at radius 1 is 0.615 bits per heavy atom. The van der Waals surface area contributed by atoms with Gasteiger partial charge in [-0.2, -0.15) is 0 Å². The molecule has 0 aromatic carbocycles. The largest absolute Gasteiger partial charge is 0.103 e. The second-order valence-corrected chi connectivity index (χ2v) is 8.54. The minimum Gasteiger partial charge on any atom is -0.103 e. The lowest BCUT2D eigenvalue weighted by atomic mass is 9.89. The van der Waals surface area contributed by atoms with Gasteiger partial charge in [-0.25, -0.2) is 0 Å². The van der Waals surface area contributed by atoms with E-state index in [1.807, 2.05) is 0 Å². The first-order valence-electron chi connectivity index (χ1n) is 11.7. The third-order valence-electron chi connectivity index (χ3n) is 5.23. The number of hydrogen-bond acceptors (Lipinski definition) is 0. The average molecular weight is 361 g/mol. The van der Waals surface area contributed by atoms with Crippen molar-refractivity contribution in [1.82, 2.24) is 0 Å². The zero-order valence-electron chi connectivity index (χ0n) is 18.3. The minimum atomic E-state index is 0.803.